The van der Waals surface area contributed by atoms with E-state index in [0.29, 0.717) is 18.0 Å². The van der Waals surface area contributed by atoms with E-state index in [0.717, 1.165) is 19.3 Å². The average molecular weight is 300 g/mol. The van der Waals surface area contributed by atoms with Gasteiger partial charge in [-0.3, -0.25) is 9.59 Å². The number of rotatable bonds is 5. The molecule has 0 heterocycles. The second kappa shape index (κ2) is 8.08. The van der Waals surface area contributed by atoms with Crippen molar-refractivity contribution in [1.82, 2.24) is 5.32 Å². The molecule has 0 radical (unpaired) electrons. The third kappa shape index (κ3) is 5.13. The number of carbonyl (C=O) groups is 2. The van der Waals surface area contributed by atoms with E-state index in [9.17, 15) is 9.59 Å². The highest BCUT2D eigenvalue weighted by Crippen LogP contribution is 2.25. The Bertz CT molecular complexity index is 597. The van der Waals surface area contributed by atoms with Crippen molar-refractivity contribution in [3.8, 4) is 17.6 Å². The molecule has 116 valence electrons. The molecule has 2 amide bonds. The van der Waals surface area contributed by atoms with Gasteiger partial charge in [0.15, 0.2) is 0 Å². The maximum Gasteiger partial charge on any atom is 0.223 e. The van der Waals surface area contributed by atoms with Crippen LogP contribution in [-0.4, -0.2) is 25.0 Å². The van der Waals surface area contributed by atoms with Crippen molar-refractivity contribution in [2.75, 3.05) is 18.5 Å². The Morgan fingerprint density at radius 3 is 2.82 bits per heavy atom. The van der Waals surface area contributed by atoms with Crippen LogP contribution in [-0.2, 0) is 9.59 Å². The van der Waals surface area contributed by atoms with Crippen LogP contribution in [0, 0.1) is 17.8 Å². The van der Waals surface area contributed by atoms with E-state index in [4.69, 9.17) is 4.74 Å². The predicted molar refractivity (Wildman–Crippen MR) is 84.4 cm³/mol. The van der Waals surface area contributed by atoms with Gasteiger partial charge in [0.25, 0.3) is 0 Å². The molecule has 5 nitrogen and oxygen atoms in total. The highest BCUT2D eigenvalue weighted by molar-refractivity contribution is 5.88. The quantitative estimate of drug-likeness (QED) is 0.817. The van der Waals surface area contributed by atoms with E-state index >= 15 is 0 Å². The lowest BCUT2D eigenvalue weighted by molar-refractivity contribution is -0.127. The standard InChI is InChI=1S/C17H20N2O3/c1-13(20)19-15-8-5-9-16(12-15)22-11-3-2-10-18-17(21)14-6-4-7-14/h5,8-9,12,14H,4,6-7,10-11H2,1H3,(H,18,21)(H,19,20). The summed E-state index contributed by atoms with van der Waals surface area (Å²) < 4.78 is 5.48. The molecule has 1 aromatic rings. The summed E-state index contributed by atoms with van der Waals surface area (Å²) in [5.74, 6) is 6.51. The Labute approximate surface area is 130 Å². The van der Waals surface area contributed by atoms with E-state index in [1.165, 1.54) is 6.92 Å². The number of anilines is 1. The van der Waals surface area contributed by atoms with Crippen LogP contribution in [0.2, 0.25) is 0 Å². The second-order valence-electron chi connectivity index (χ2n) is 5.20. The van der Waals surface area contributed by atoms with Crippen LogP contribution < -0.4 is 15.4 Å². The van der Waals surface area contributed by atoms with Crippen molar-refractivity contribution >= 4 is 17.5 Å². The lowest BCUT2D eigenvalue weighted by Gasteiger charge is -2.23. The molecule has 0 bridgehead atoms. The molecule has 0 aliphatic heterocycles. The van der Waals surface area contributed by atoms with Crippen molar-refractivity contribution in [3.05, 3.63) is 24.3 Å². The van der Waals surface area contributed by atoms with Gasteiger partial charge in [-0.05, 0) is 25.0 Å². The van der Waals surface area contributed by atoms with Crippen LogP contribution >= 0.6 is 0 Å². The molecule has 2 N–H and O–H groups in total. The maximum atomic E-state index is 11.6. The Kier molecular flexibility index (Phi) is 5.84. The molecule has 0 unspecified atom stereocenters. The topological polar surface area (TPSA) is 67.4 Å². The molecule has 1 aliphatic carbocycles. The molecular weight excluding hydrogens is 280 g/mol. The summed E-state index contributed by atoms with van der Waals surface area (Å²) in [5.41, 5.74) is 0.686. The monoisotopic (exact) mass is 300 g/mol. The Morgan fingerprint density at radius 2 is 2.14 bits per heavy atom. The van der Waals surface area contributed by atoms with Gasteiger partial charge in [-0.2, -0.15) is 0 Å². The van der Waals surface area contributed by atoms with Gasteiger partial charge in [0, 0.05) is 24.6 Å². The van der Waals surface area contributed by atoms with Crippen LogP contribution in [0.15, 0.2) is 24.3 Å². The van der Waals surface area contributed by atoms with E-state index in [1.54, 1.807) is 24.3 Å². The largest absolute Gasteiger partial charge is 0.481 e. The molecule has 2 rings (SSSR count). The first-order valence-electron chi connectivity index (χ1n) is 7.39. The molecule has 1 fully saturated rings. The lowest BCUT2D eigenvalue weighted by Crippen LogP contribution is -2.34. The smallest absolute Gasteiger partial charge is 0.223 e. The minimum atomic E-state index is -0.126. The van der Waals surface area contributed by atoms with Crippen molar-refractivity contribution in [2.24, 2.45) is 5.92 Å². The van der Waals surface area contributed by atoms with Gasteiger partial charge in [-0.15, -0.1) is 0 Å². The SMILES string of the molecule is CC(=O)Nc1cccc(OCC#CCNC(=O)C2CCC2)c1. The summed E-state index contributed by atoms with van der Waals surface area (Å²) in [6.07, 6.45) is 3.13. The highest BCUT2D eigenvalue weighted by Gasteiger charge is 2.24. The fourth-order valence-corrected chi connectivity index (χ4v) is 2.05. The summed E-state index contributed by atoms with van der Waals surface area (Å²) in [6, 6.07) is 7.12. The molecular formula is C17H20N2O3. The van der Waals surface area contributed by atoms with Crippen LogP contribution in [0.5, 0.6) is 5.75 Å². The normalized spacial score (nSPS) is 13.3. The van der Waals surface area contributed by atoms with Gasteiger partial charge in [0.2, 0.25) is 11.8 Å². The zero-order chi connectivity index (χ0) is 15.8. The Hall–Kier alpha value is -2.48. The Morgan fingerprint density at radius 1 is 1.32 bits per heavy atom. The highest BCUT2D eigenvalue weighted by atomic mass is 16.5. The summed E-state index contributed by atoms with van der Waals surface area (Å²) in [5, 5.41) is 5.49. The molecule has 0 aromatic heterocycles. The third-order valence-corrected chi connectivity index (χ3v) is 3.42. The summed E-state index contributed by atoms with van der Waals surface area (Å²) >= 11 is 0. The molecule has 5 heteroatoms. The predicted octanol–water partition coefficient (Wildman–Crippen LogP) is 1.94. The number of hydrogen-bond donors (Lipinski definition) is 2. The molecule has 0 saturated heterocycles. The van der Waals surface area contributed by atoms with E-state index < -0.39 is 0 Å². The minimum Gasteiger partial charge on any atom is -0.481 e. The molecule has 0 spiro atoms. The number of carbonyl (C=O) groups excluding carboxylic acids is 2. The maximum absolute atomic E-state index is 11.6. The second-order valence-corrected chi connectivity index (χ2v) is 5.20. The molecule has 1 aromatic carbocycles. The van der Waals surface area contributed by atoms with Gasteiger partial charge in [0.05, 0.1) is 6.54 Å². The first-order chi connectivity index (χ1) is 10.6. The molecule has 1 aliphatic rings. The van der Waals surface area contributed by atoms with Crippen molar-refractivity contribution < 1.29 is 14.3 Å². The van der Waals surface area contributed by atoms with Gasteiger partial charge < -0.3 is 15.4 Å². The molecule has 1 saturated carbocycles. The van der Waals surface area contributed by atoms with Gasteiger partial charge >= 0.3 is 0 Å². The van der Waals surface area contributed by atoms with Crippen molar-refractivity contribution in [3.63, 3.8) is 0 Å². The number of nitrogens with one attached hydrogen (secondary N) is 2. The van der Waals surface area contributed by atoms with Crippen molar-refractivity contribution in [2.45, 2.75) is 26.2 Å². The number of benzene rings is 1. The molecule has 0 atom stereocenters. The summed E-state index contributed by atoms with van der Waals surface area (Å²) in [7, 11) is 0. The number of ether oxygens (including phenoxy) is 1. The number of amides is 2. The summed E-state index contributed by atoms with van der Waals surface area (Å²) in [4.78, 5) is 22.5. The van der Waals surface area contributed by atoms with Crippen molar-refractivity contribution in [1.29, 1.82) is 0 Å². The van der Waals surface area contributed by atoms with E-state index in [1.807, 2.05) is 0 Å². The van der Waals surface area contributed by atoms with Crippen LogP contribution in [0.1, 0.15) is 26.2 Å². The fraction of sp³-hybridized carbons (Fsp3) is 0.412. The first-order valence-corrected chi connectivity index (χ1v) is 7.39. The number of hydrogen-bond acceptors (Lipinski definition) is 3. The minimum absolute atomic E-state index is 0.101. The van der Waals surface area contributed by atoms with Gasteiger partial charge in [-0.1, -0.05) is 24.3 Å². The lowest BCUT2D eigenvalue weighted by atomic mass is 9.85. The Balaban J connectivity index is 1.68. The van der Waals surface area contributed by atoms with E-state index in [2.05, 4.69) is 22.5 Å². The van der Waals surface area contributed by atoms with E-state index in [-0.39, 0.29) is 24.3 Å². The van der Waals surface area contributed by atoms with Crippen LogP contribution in [0.3, 0.4) is 0 Å². The zero-order valence-electron chi connectivity index (χ0n) is 12.6. The zero-order valence-corrected chi connectivity index (χ0v) is 12.6. The fourth-order valence-electron chi connectivity index (χ4n) is 2.05. The van der Waals surface area contributed by atoms with Gasteiger partial charge in [0.1, 0.15) is 12.4 Å². The van der Waals surface area contributed by atoms with Crippen LogP contribution in [0.4, 0.5) is 5.69 Å². The first kappa shape index (κ1) is 15.9. The third-order valence-electron chi connectivity index (χ3n) is 3.42. The van der Waals surface area contributed by atoms with Crippen LogP contribution in [0.25, 0.3) is 0 Å². The molecule has 22 heavy (non-hydrogen) atoms. The van der Waals surface area contributed by atoms with Gasteiger partial charge in [-0.25, -0.2) is 0 Å². The average Bonchev–Trinajstić information content (AvgIpc) is 2.40. The summed E-state index contributed by atoms with van der Waals surface area (Å²) in [6.45, 7) is 2.05.